The van der Waals surface area contributed by atoms with E-state index in [1.54, 1.807) is 43.3 Å². The molecular weight excluding hydrogens is 302 g/mol. The highest BCUT2D eigenvalue weighted by Gasteiger charge is 2.03. The molecule has 0 bridgehead atoms. The number of amides is 1. The summed E-state index contributed by atoms with van der Waals surface area (Å²) in [6.45, 7) is 1.67. The molecule has 0 atom stereocenters. The van der Waals surface area contributed by atoms with Gasteiger partial charge in [0.2, 0.25) is 0 Å². The minimum absolute atomic E-state index is 0.125. The highest BCUT2D eigenvalue weighted by Crippen LogP contribution is 2.15. The van der Waals surface area contributed by atoms with Gasteiger partial charge in [0.1, 0.15) is 5.75 Å². The standard InChI is InChI=1S/C16H16ClN3O2/c1-11(12-2-6-14(18)7-3-12)19-20-16(21)10-22-15-8-4-13(17)5-9-15/h2-9H,10,18H2,1H3,(H,20,21). The van der Waals surface area contributed by atoms with E-state index in [0.29, 0.717) is 22.2 Å². The monoisotopic (exact) mass is 317 g/mol. The average molecular weight is 318 g/mol. The van der Waals surface area contributed by atoms with Gasteiger partial charge in [-0.1, -0.05) is 23.7 Å². The van der Waals surface area contributed by atoms with Crippen molar-refractivity contribution >= 4 is 28.9 Å². The van der Waals surface area contributed by atoms with E-state index in [4.69, 9.17) is 22.1 Å². The third-order valence-corrected chi connectivity index (χ3v) is 3.11. The molecule has 0 radical (unpaired) electrons. The second-order valence-corrected chi connectivity index (χ2v) is 5.03. The Labute approximate surface area is 133 Å². The number of hydrogen-bond donors (Lipinski definition) is 2. The topological polar surface area (TPSA) is 76.7 Å². The third-order valence-electron chi connectivity index (χ3n) is 2.86. The normalized spacial score (nSPS) is 11.1. The van der Waals surface area contributed by atoms with E-state index in [1.165, 1.54) is 0 Å². The van der Waals surface area contributed by atoms with Crippen molar-refractivity contribution in [2.75, 3.05) is 12.3 Å². The number of ether oxygens (including phenoxy) is 1. The van der Waals surface area contributed by atoms with Gasteiger partial charge in [0.25, 0.3) is 5.91 Å². The van der Waals surface area contributed by atoms with Gasteiger partial charge in [0.05, 0.1) is 5.71 Å². The van der Waals surface area contributed by atoms with Crippen LogP contribution in [0.5, 0.6) is 5.75 Å². The van der Waals surface area contributed by atoms with Crippen molar-refractivity contribution in [1.29, 1.82) is 0 Å². The summed E-state index contributed by atoms with van der Waals surface area (Å²) in [5, 5.41) is 4.64. The molecule has 2 aromatic carbocycles. The number of rotatable bonds is 5. The van der Waals surface area contributed by atoms with Crippen molar-refractivity contribution in [3.8, 4) is 5.75 Å². The molecule has 0 saturated carbocycles. The number of benzene rings is 2. The predicted molar refractivity (Wildman–Crippen MR) is 88.2 cm³/mol. The quantitative estimate of drug-likeness (QED) is 0.506. The fraction of sp³-hybridized carbons (Fsp3) is 0.125. The number of carbonyl (C=O) groups excluding carboxylic acids is 1. The Morgan fingerprint density at radius 2 is 1.82 bits per heavy atom. The average Bonchev–Trinajstić information content (AvgIpc) is 2.52. The van der Waals surface area contributed by atoms with Crippen LogP contribution in [0.25, 0.3) is 0 Å². The molecule has 0 saturated heterocycles. The molecule has 0 aliphatic heterocycles. The molecule has 0 aromatic heterocycles. The number of carbonyl (C=O) groups is 1. The Hall–Kier alpha value is -2.53. The van der Waals surface area contributed by atoms with Crippen LogP contribution < -0.4 is 15.9 Å². The van der Waals surface area contributed by atoms with Gasteiger partial charge in [-0.15, -0.1) is 0 Å². The smallest absolute Gasteiger partial charge is 0.277 e. The van der Waals surface area contributed by atoms with E-state index in [0.717, 1.165) is 5.56 Å². The van der Waals surface area contributed by atoms with E-state index in [1.807, 2.05) is 12.1 Å². The molecule has 0 unspecified atom stereocenters. The largest absolute Gasteiger partial charge is 0.484 e. The second kappa shape index (κ2) is 7.47. The maximum atomic E-state index is 11.7. The van der Waals surface area contributed by atoms with E-state index in [-0.39, 0.29) is 12.5 Å². The fourth-order valence-electron chi connectivity index (χ4n) is 1.65. The number of halogens is 1. The molecule has 114 valence electrons. The van der Waals surface area contributed by atoms with E-state index in [2.05, 4.69) is 10.5 Å². The summed E-state index contributed by atoms with van der Waals surface area (Å²) in [7, 11) is 0. The molecule has 0 spiro atoms. The van der Waals surface area contributed by atoms with Gasteiger partial charge >= 0.3 is 0 Å². The van der Waals surface area contributed by atoms with Crippen molar-refractivity contribution in [1.82, 2.24) is 5.43 Å². The molecule has 5 nitrogen and oxygen atoms in total. The molecule has 0 aliphatic rings. The zero-order valence-corrected chi connectivity index (χ0v) is 12.8. The van der Waals surface area contributed by atoms with E-state index in [9.17, 15) is 4.79 Å². The van der Waals surface area contributed by atoms with Crippen molar-refractivity contribution < 1.29 is 9.53 Å². The minimum Gasteiger partial charge on any atom is -0.484 e. The molecule has 0 fully saturated rings. The van der Waals surface area contributed by atoms with Crippen molar-refractivity contribution in [3.05, 3.63) is 59.1 Å². The van der Waals surface area contributed by atoms with Crippen LogP contribution in [0, 0.1) is 0 Å². The summed E-state index contributed by atoms with van der Waals surface area (Å²) < 4.78 is 5.32. The molecule has 6 heteroatoms. The minimum atomic E-state index is -0.343. The lowest BCUT2D eigenvalue weighted by atomic mass is 10.1. The summed E-state index contributed by atoms with van der Waals surface area (Å²) in [4.78, 5) is 11.7. The van der Waals surface area contributed by atoms with Crippen LogP contribution in [0.15, 0.2) is 53.6 Å². The first-order chi connectivity index (χ1) is 10.5. The fourth-order valence-corrected chi connectivity index (χ4v) is 1.77. The molecule has 2 rings (SSSR count). The molecule has 3 N–H and O–H groups in total. The molecule has 0 aliphatic carbocycles. The lowest BCUT2D eigenvalue weighted by Gasteiger charge is -2.06. The van der Waals surface area contributed by atoms with Crippen LogP contribution in [-0.2, 0) is 4.79 Å². The van der Waals surface area contributed by atoms with Gasteiger partial charge in [-0.25, -0.2) is 5.43 Å². The third kappa shape index (κ3) is 4.79. The highest BCUT2D eigenvalue weighted by atomic mass is 35.5. The van der Waals surface area contributed by atoms with Crippen LogP contribution in [0.2, 0.25) is 5.02 Å². The van der Waals surface area contributed by atoms with Gasteiger partial charge in [-0.2, -0.15) is 5.10 Å². The Bertz CT molecular complexity index is 667. The van der Waals surface area contributed by atoms with Gasteiger partial charge in [0.15, 0.2) is 6.61 Å². The second-order valence-electron chi connectivity index (χ2n) is 4.60. The number of hydrogen-bond acceptors (Lipinski definition) is 4. The SMILES string of the molecule is CC(=NNC(=O)COc1ccc(Cl)cc1)c1ccc(N)cc1. The Morgan fingerprint density at radius 1 is 1.18 bits per heavy atom. The lowest BCUT2D eigenvalue weighted by molar-refractivity contribution is -0.123. The van der Waals surface area contributed by atoms with E-state index >= 15 is 0 Å². The highest BCUT2D eigenvalue weighted by molar-refractivity contribution is 6.30. The summed E-state index contributed by atoms with van der Waals surface area (Å²) in [5.41, 5.74) is 10.3. The number of nitrogen functional groups attached to an aromatic ring is 1. The first-order valence-electron chi connectivity index (χ1n) is 6.62. The molecular formula is C16H16ClN3O2. The van der Waals surface area contributed by atoms with Gasteiger partial charge < -0.3 is 10.5 Å². The maximum Gasteiger partial charge on any atom is 0.277 e. The first kappa shape index (κ1) is 15.9. The molecule has 22 heavy (non-hydrogen) atoms. The van der Waals surface area contributed by atoms with Crippen LogP contribution in [-0.4, -0.2) is 18.2 Å². The summed E-state index contributed by atoms with van der Waals surface area (Å²) in [6.07, 6.45) is 0. The molecule has 0 heterocycles. The van der Waals surface area contributed by atoms with Gasteiger partial charge in [-0.05, 0) is 48.9 Å². The van der Waals surface area contributed by atoms with E-state index < -0.39 is 0 Å². The number of nitrogens with two attached hydrogens (primary N) is 1. The number of nitrogens with one attached hydrogen (secondary N) is 1. The predicted octanol–water partition coefficient (Wildman–Crippen LogP) is 2.84. The van der Waals surface area contributed by atoms with Gasteiger partial charge in [0, 0.05) is 10.7 Å². The summed E-state index contributed by atoms with van der Waals surface area (Å²) >= 11 is 5.77. The van der Waals surface area contributed by atoms with Crippen LogP contribution in [0.1, 0.15) is 12.5 Å². The summed E-state index contributed by atoms with van der Waals surface area (Å²) in [5.74, 6) is 0.225. The van der Waals surface area contributed by atoms with Gasteiger partial charge in [-0.3, -0.25) is 4.79 Å². The Morgan fingerprint density at radius 3 is 2.45 bits per heavy atom. The zero-order chi connectivity index (χ0) is 15.9. The van der Waals surface area contributed by atoms with Crippen LogP contribution >= 0.6 is 11.6 Å². The van der Waals surface area contributed by atoms with Crippen LogP contribution in [0.4, 0.5) is 5.69 Å². The van der Waals surface area contributed by atoms with Crippen LogP contribution in [0.3, 0.4) is 0 Å². The zero-order valence-electron chi connectivity index (χ0n) is 12.0. The van der Waals surface area contributed by atoms with Crippen molar-refractivity contribution in [2.45, 2.75) is 6.92 Å². The van der Waals surface area contributed by atoms with Crippen molar-refractivity contribution in [2.24, 2.45) is 5.10 Å². The lowest BCUT2D eigenvalue weighted by Crippen LogP contribution is -2.25. The first-order valence-corrected chi connectivity index (χ1v) is 7.00. The Balaban J connectivity index is 1.85. The number of anilines is 1. The van der Waals surface area contributed by atoms with Crippen molar-refractivity contribution in [3.63, 3.8) is 0 Å². The number of hydrazone groups is 1. The Kier molecular flexibility index (Phi) is 5.38. The molecule has 2 aromatic rings. The summed E-state index contributed by atoms with van der Waals surface area (Å²) in [6, 6.07) is 14.0. The number of nitrogens with zero attached hydrogens (tertiary/aromatic N) is 1. The maximum absolute atomic E-state index is 11.7. The molecule has 1 amide bonds.